The van der Waals surface area contributed by atoms with Gasteiger partial charge in [-0.05, 0) is 93.4 Å². The first-order valence-electron chi connectivity index (χ1n) is 13.3. The lowest BCUT2D eigenvalue weighted by atomic mass is 10.1. The number of rotatable bonds is 13. The number of hydrogen-bond donors (Lipinski definition) is 1. The first kappa shape index (κ1) is 32.1. The van der Waals surface area contributed by atoms with Crippen molar-refractivity contribution < 1.29 is 27.1 Å². The van der Waals surface area contributed by atoms with Crippen molar-refractivity contribution in [2.45, 2.75) is 57.6 Å². The molecule has 2 amide bonds. The first-order chi connectivity index (χ1) is 19.5. The van der Waals surface area contributed by atoms with Gasteiger partial charge in [-0.1, -0.05) is 35.0 Å². The molecule has 0 fully saturated rings. The zero-order valence-electron chi connectivity index (χ0n) is 23.5. The number of hydrogen-bond acceptors (Lipinski definition) is 5. The van der Waals surface area contributed by atoms with Crippen LogP contribution in [0.5, 0.6) is 5.75 Å². The molecule has 220 valence electrons. The Morgan fingerprint density at radius 3 is 2.12 bits per heavy atom. The summed E-state index contributed by atoms with van der Waals surface area (Å²) < 4.78 is 48.6. The number of amides is 2. The number of halogens is 2. The lowest BCUT2D eigenvalue weighted by Crippen LogP contribution is -2.52. The van der Waals surface area contributed by atoms with E-state index in [2.05, 4.69) is 21.2 Å². The highest BCUT2D eigenvalue weighted by Gasteiger charge is 2.33. The molecule has 41 heavy (non-hydrogen) atoms. The third-order valence-corrected chi connectivity index (χ3v) is 8.87. The van der Waals surface area contributed by atoms with Crippen LogP contribution in [0.3, 0.4) is 0 Å². The van der Waals surface area contributed by atoms with Crippen molar-refractivity contribution in [1.29, 1.82) is 0 Å². The third kappa shape index (κ3) is 8.53. The van der Waals surface area contributed by atoms with Crippen LogP contribution in [0.4, 0.5) is 10.1 Å². The van der Waals surface area contributed by atoms with Gasteiger partial charge in [0.05, 0.1) is 17.2 Å². The van der Waals surface area contributed by atoms with Gasteiger partial charge in [0.1, 0.15) is 24.2 Å². The van der Waals surface area contributed by atoms with Crippen LogP contribution in [0, 0.1) is 5.82 Å². The molecule has 0 radical (unpaired) electrons. The fourth-order valence-electron chi connectivity index (χ4n) is 3.97. The number of carbonyl (C=O) groups is 2. The second kappa shape index (κ2) is 14.5. The molecule has 0 unspecified atom stereocenters. The van der Waals surface area contributed by atoms with Gasteiger partial charge in [-0.2, -0.15) is 0 Å². The van der Waals surface area contributed by atoms with E-state index in [-0.39, 0.29) is 29.1 Å². The van der Waals surface area contributed by atoms with Gasteiger partial charge in [0, 0.05) is 17.1 Å². The molecular formula is C30H35BrFN3O5S. The van der Waals surface area contributed by atoms with E-state index in [4.69, 9.17) is 4.74 Å². The highest BCUT2D eigenvalue weighted by Crippen LogP contribution is 2.27. The Balaban J connectivity index is 2.02. The van der Waals surface area contributed by atoms with E-state index in [1.807, 2.05) is 45.0 Å². The molecule has 0 saturated heterocycles. The van der Waals surface area contributed by atoms with E-state index < -0.39 is 34.3 Å². The van der Waals surface area contributed by atoms with Crippen molar-refractivity contribution in [2.24, 2.45) is 0 Å². The number of nitrogens with one attached hydrogen (secondary N) is 1. The quantitative estimate of drug-likeness (QED) is 0.264. The van der Waals surface area contributed by atoms with E-state index in [1.54, 1.807) is 19.1 Å². The maximum atomic E-state index is 13.9. The Hall–Kier alpha value is -3.44. The molecule has 0 aliphatic carbocycles. The third-order valence-electron chi connectivity index (χ3n) is 6.55. The Morgan fingerprint density at radius 2 is 1.56 bits per heavy atom. The Labute approximate surface area is 249 Å². The molecule has 0 spiro atoms. The van der Waals surface area contributed by atoms with Crippen LogP contribution in [-0.4, -0.2) is 50.4 Å². The van der Waals surface area contributed by atoms with Crippen LogP contribution in [0.1, 0.15) is 39.7 Å². The predicted octanol–water partition coefficient (Wildman–Crippen LogP) is 5.51. The lowest BCUT2D eigenvalue weighted by Gasteiger charge is -2.32. The monoisotopic (exact) mass is 647 g/mol. The minimum Gasteiger partial charge on any atom is -0.494 e. The van der Waals surface area contributed by atoms with Gasteiger partial charge in [0.2, 0.25) is 11.8 Å². The van der Waals surface area contributed by atoms with Gasteiger partial charge in [-0.15, -0.1) is 0 Å². The summed E-state index contributed by atoms with van der Waals surface area (Å²) in [6.07, 6.45) is 0.709. The zero-order chi connectivity index (χ0) is 30.2. The summed E-state index contributed by atoms with van der Waals surface area (Å²) in [6.45, 7) is 7.17. The van der Waals surface area contributed by atoms with Gasteiger partial charge in [-0.25, -0.2) is 12.8 Å². The number of ether oxygens (including phenoxy) is 1. The summed E-state index contributed by atoms with van der Waals surface area (Å²) in [5, 5.41) is 2.90. The van der Waals surface area contributed by atoms with E-state index in [0.717, 1.165) is 38.6 Å². The predicted molar refractivity (Wildman–Crippen MR) is 161 cm³/mol. The molecule has 0 bridgehead atoms. The molecule has 3 aromatic carbocycles. The van der Waals surface area contributed by atoms with Crippen molar-refractivity contribution >= 4 is 43.5 Å². The van der Waals surface area contributed by atoms with Crippen molar-refractivity contribution in [2.75, 3.05) is 17.5 Å². The average Bonchev–Trinajstić information content (AvgIpc) is 2.95. The molecule has 0 aromatic heterocycles. The van der Waals surface area contributed by atoms with Gasteiger partial charge >= 0.3 is 0 Å². The highest BCUT2D eigenvalue weighted by molar-refractivity contribution is 9.10. The molecule has 0 heterocycles. The van der Waals surface area contributed by atoms with E-state index in [1.165, 1.54) is 17.0 Å². The second-order valence-corrected chi connectivity index (χ2v) is 12.3. The van der Waals surface area contributed by atoms with Gasteiger partial charge in [-0.3, -0.25) is 13.9 Å². The van der Waals surface area contributed by atoms with Crippen molar-refractivity contribution in [3.8, 4) is 5.75 Å². The Morgan fingerprint density at radius 1 is 0.951 bits per heavy atom. The maximum Gasteiger partial charge on any atom is 0.264 e. The van der Waals surface area contributed by atoms with Crippen LogP contribution in [0.2, 0.25) is 0 Å². The molecule has 0 saturated carbocycles. The average molecular weight is 649 g/mol. The van der Waals surface area contributed by atoms with E-state index >= 15 is 0 Å². The summed E-state index contributed by atoms with van der Waals surface area (Å²) in [5.74, 6) is -0.985. The molecule has 0 aliphatic heterocycles. The summed E-state index contributed by atoms with van der Waals surface area (Å²) in [5.41, 5.74) is 0.977. The fourth-order valence-corrected chi connectivity index (χ4v) is 5.65. The topological polar surface area (TPSA) is 96.0 Å². The van der Waals surface area contributed by atoms with Crippen LogP contribution >= 0.6 is 15.9 Å². The minimum absolute atomic E-state index is 0.0783. The van der Waals surface area contributed by atoms with E-state index in [9.17, 15) is 22.4 Å². The lowest BCUT2D eigenvalue weighted by molar-refractivity contribution is -0.139. The number of carbonyl (C=O) groups excluding carboxylic acids is 2. The molecule has 2 atom stereocenters. The summed E-state index contributed by atoms with van der Waals surface area (Å²) in [4.78, 5) is 28.2. The standard InChI is InChI=1S/C30H35BrFN3O5S/c1-5-21(3)33-30(37)22(4)34(19-23-7-9-24(31)10-8-23)29(36)20-35(26-13-15-27(16-14-26)40-6-2)41(38,39)28-17-11-25(32)12-18-28/h7-18,21-22H,5-6,19-20H2,1-4H3,(H,33,37)/t21-,22+/m0/s1. The van der Waals surface area contributed by atoms with Crippen molar-refractivity contribution in [3.05, 3.63) is 88.6 Å². The van der Waals surface area contributed by atoms with Crippen LogP contribution < -0.4 is 14.4 Å². The summed E-state index contributed by atoms with van der Waals surface area (Å²) >= 11 is 3.40. The van der Waals surface area contributed by atoms with E-state index in [0.29, 0.717) is 18.8 Å². The fraction of sp³-hybridized carbons (Fsp3) is 0.333. The molecular weight excluding hydrogens is 613 g/mol. The largest absolute Gasteiger partial charge is 0.494 e. The molecule has 3 aromatic rings. The molecule has 1 N–H and O–H groups in total. The van der Waals surface area contributed by atoms with Crippen molar-refractivity contribution in [1.82, 2.24) is 10.2 Å². The summed E-state index contributed by atoms with van der Waals surface area (Å²) in [6, 6.07) is 17.0. The van der Waals surface area contributed by atoms with Crippen LogP contribution in [0.25, 0.3) is 0 Å². The normalized spacial score (nSPS) is 12.7. The molecule has 8 nitrogen and oxygen atoms in total. The number of nitrogens with zero attached hydrogens (tertiary/aromatic N) is 2. The molecule has 11 heteroatoms. The van der Waals surface area contributed by atoms with Crippen LogP contribution in [-0.2, 0) is 26.2 Å². The van der Waals surface area contributed by atoms with Gasteiger partial charge < -0.3 is 15.0 Å². The number of benzene rings is 3. The Bertz CT molecular complexity index is 1420. The smallest absolute Gasteiger partial charge is 0.264 e. The highest BCUT2D eigenvalue weighted by atomic mass is 79.9. The minimum atomic E-state index is -4.30. The molecule has 3 rings (SSSR count). The second-order valence-electron chi connectivity index (χ2n) is 9.53. The summed E-state index contributed by atoms with van der Waals surface area (Å²) in [7, 11) is -4.30. The van der Waals surface area contributed by atoms with Gasteiger partial charge in [0.25, 0.3) is 10.0 Å². The first-order valence-corrected chi connectivity index (χ1v) is 15.5. The number of anilines is 1. The van der Waals surface area contributed by atoms with Gasteiger partial charge in [0.15, 0.2) is 0 Å². The Kier molecular flexibility index (Phi) is 11.3. The molecule has 0 aliphatic rings. The van der Waals surface area contributed by atoms with Crippen molar-refractivity contribution in [3.63, 3.8) is 0 Å². The SMILES string of the molecule is CCOc1ccc(N(CC(=O)N(Cc2ccc(Br)cc2)[C@H](C)C(=O)N[C@@H](C)CC)S(=O)(=O)c2ccc(F)cc2)cc1. The zero-order valence-corrected chi connectivity index (χ0v) is 25.9. The van der Waals surface area contributed by atoms with Crippen LogP contribution in [0.15, 0.2) is 82.2 Å². The number of sulfonamides is 1. The maximum absolute atomic E-state index is 13.9.